The van der Waals surface area contributed by atoms with Crippen LogP contribution in [0.1, 0.15) is 20.3 Å². The van der Waals surface area contributed by atoms with Gasteiger partial charge in [-0.3, -0.25) is 0 Å². The Hall–Kier alpha value is -0.480. The molecule has 6 N–H and O–H groups in total. The summed E-state index contributed by atoms with van der Waals surface area (Å²) in [7, 11) is -4.70. The van der Waals surface area contributed by atoms with Crippen LogP contribution in [0.15, 0.2) is 0 Å². The number of nitrogens with one attached hydrogen (secondary N) is 2. The molecule has 0 aromatic heterocycles. The summed E-state index contributed by atoms with van der Waals surface area (Å²) in [6.45, 7) is 2.95. The topological polar surface area (TPSA) is 148 Å². The van der Waals surface area contributed by atoms with E-state index in [1.165, 1.54) is 13.8 Å². The average Bonchev–Trinajstić information content (AvgIpc) is 2.41. The molecule has 0 aliphatic rings. The first-order valence-electron chi connectivity index (χ1n) is 6.64. The number of hydrogen-bond donors (Lipinski definition) is 7. The molecular weight excluding hydrogens is 335 g/mol. The van der Waals surface area contributed by atoms with Gasteiger partial charge < -0.3 is 0 Å². The molecule has 0 heterocycles. The van der Waals surface area contributed by atoms with Crippen LogP contribution < -0.4 is 10.6 Å². The van der Waals surface area contributed by atoms with Crippen molar-refractivity contribution < 1.29 is 33.9 Å². The standard InChI is InChI=1S/C11H25N2O7PS/c1-11(2,7-20-21(17,18)19)9(15)10(16)13-4-3-8(14)12-5-6-22/h9,15,17-19,21-22H,3-7H2,1-2H3,(H,12,14)(H,13,16)/t9-/m0/s1. The summed E-state index contributed by atoms with van der Waals surface area (Å²) < 4.78 is 4.45. The van der Waals surface area contributed by atoms with Crippen molar-refractivity contribution in [3.05, 3.63) is 0 Å². The zero-order valence-corrected chi connectivity index (χ0v) is 14.5. The minimum atomic E-state index is -4.70. The van der Waals surface area contributed by atoms with Gasteiger partial charge in [-0.2, -0.15) is 12.6 Å². The van der Waals surface area contributed by atoms with E-state index in [9.17, 15) is 14.7 Å². The van der Waals surface area contributed by atoms with Gasteiger partial charge in [0.1, 0.15) is 0 Å². The first-order valence-corrected chi connectivity index (χ1v) is 9.02. The number of rotatable bonds is 10. The Balaban J connectivity index is 4.21. The molecule has 0 fully saturated rings. The third kappa shape index (κ3) is 9.52. The van der Waals surface area contributed by atoms with Crippen molar-refractivity contribution in [3.63, 3.8) is 0 Å². The van der Waals surface area contributed by atoms with Crippen LogP contribution in [-0.4, -0.2) is 63.2 Å². The molecule has 0 aliphatic carbocycles. The van der Waals surface area contributed by atoms with Crippen LogP contribution in [0.4, 0.5) is 0 Å². The SMILES string of the molecule is CC(C)(CO[PH](O)(O)O)[C@@H](O)C(=O)NCCC(=O)NCCS. The molecule has 0 spiro atoms. The molecule has 0 saturated heterocycles. The number of aliphatic hydroxyl groups is 1. The van der Waals surface area contributed by atoms with E-state index in [1.54, 1.807) is 0 Å². The van der Waals surface area contributed by atoms with Crippen molar-refractivity contribution in [2.75, 3.05) is 25.4 Å². The summed E-state index contributed by atoms with van der Waals surface area (Å²) in [5, 5.41) is 14.9. The first kappa shape index (κ1) is 21.5. The van der Waals surface area contributed by atoms with E-state index in [1.807, 2.05) is 0 Å². The van der Waals surface area contributed by atoms with Crippen LogP contribution >= 0.6 is 20.8 Å². The molecule has 1 atom stereocenters. The molecule has 0 saturated carbocycles. The molecule has 0 aromatic rings. The van der Waals surface area contributed by atoms with Crippen LogP contribution in [0.5, 0.6) is 0 Å². The Morgan fingerprint density at radius 2 is 1.82 bits per heavy atom. The van der Waals surface area contributed by atoms with Gasteiger partial charge in [0.25, 0.3) is 0 Å². The third-order valence-electron chi connectivity index (χ3n) is 2.71. The van der Waals surface area contributed by atoms with Crippen LogP contribution in [-0.2, 0) is 14.1 Å². The maximum atomic E-state index is 11.8. The van der Waals surface area contributed by atoms with E-state index < -0.39 is 32.2 Å². The van der Waals surface area contributed by atoms with Crippen molar-refractivity contribution >= 4 is 32.6 Å². The summed E-state index contributed by atoms with van der Waals surface area (Å²) in [5.74, 6) is -0.462. The molecule has 0 aliphatic heterocycles. The predicted octanol–water partition coefficient (Wildman–Crippen LogP) is -1.67. The molecule has 0 unspecified atom stereocenters. The van der Waals surface area contributed by atoms with Crippen molar-refractivity contribution in [2.24, 2.45) is 5.41 Å². The zero-order valence-electron chi connectivity index (χ0n) is 12.6. The minimum Gasteiger partial charge on any atom is -0.178 e. The summed E-state index contributed by atoms with van der Waals surface area (Å²) in [6.07, 6.45) is -1.45. The van der Waals surface area contributed by atoms with Crippen molar-refractivity contribution in [1.29, 1.82) is 0 Å². The Bertz CT molecular complexity index is 376. The van der Waals surface area contributed by atoms with E-state index in [0.717, 1.165) is 0 Å². The number of aliphatic hydroxyl groups excluding tert-OH is 1. The fraction of sp³-hybridized carbons (Fsp3) is 0.818. The Morgan fingerprint density at radius 3 is 2.32 bits per heavy atom. The van der Waals surface area contributed by atoms with E-state index in [4.69, 9.17) is 14.7 Å². The zero-order chi connectivity index (χ0) is 17.4. The fourth-order valence-corrected chi connectivity index (χ4v) is 2.07. The van der Waals surface area contributed by atoms with E-state index in [0.29, 0.717) is 12.3 Å². The van der Waals surface area contributed by atoms with Gasteiger partial charge in [0.2, 0.25) is 0 Å². The second-order valence-corrected chi connectivity index (χ2v) is 7.25. The van der Waals surface area contributed by atoms with Crippen molar-refractivity contribution in [1.82, 2.24) is 10.6 Å². The quantitative estimate of drug-likeness (QED) is 0.182. The van der Waals surface area contributed by atoms with Gasteiger partial charge in [-0.25, -0.2) is 0 Å². The molecule has 9 nitrogen and oxygen atoms in total. The fourth-order valence-electron chi connectivity index (χ4n) is 1.40. The molecule has 0 rings (SSSR count). The van der Waals surface area contributed by atoms with E-state index in [2.05, 4.69) is 27.8 Å². The van der Waals surface area contributed by atoms with Gasteiger partial charge in [-0.05, 0) is 0 Å². The third-order valence-corrected chi connectivity index (χ3v) is 3.47. The van der Waals surface area contributed by atoms with Crippen molar-refractivity contribution in [3.8, 4) is 0 Å². The first-order chi connectivity index (χ1) is 9.99. The van der Waals surface area contributed by atoms with Gasteiger partial charge in [-0.1, -0.05) is 0 Å². The smallest absolute Gasteiger partial charge is 0.178 e. The van der Waals surface area contributed by atoms with Crippen LogP contribution in [0.2, 0.25) is 0 Å². The van der Waals surface area contributed by atoms with Crippen molar-refractivity contribution in [2.45, 2.75) is 26.4 Å². The van der Waals surface area contributed by atoms with Gasteiger partial charge in [-0.15, -0.1) is 0 Å². The summed E-state index contributed by atoms with van der Waals surface area (Å²) >= 11 is 3.94. The molecule has 0 aromatic carbocycles. The molecular formula is C11H25N2O7PS. The predicted molar refractivity (Wildman–Crippen MR) is 85.2 cm³/mol. The Kier molecular flexibility index (Phi) is 9.40. The number of hydrogen-bond acceptors (Lipinski definition) is 8. The van der Waals surface area contributed by atoms with Crippen LogP contribution in [0.3, 0.4) is 0 Å². The van der Waals surface area contributed by atoms with E-state index >= 15 is 0 Å². The van der Waals surface area contributed by atoms with Gasteiger partial charge in [0, 0.05) is 0 Å². The van der Waals surface area contributed by atoms with Gasteiger partial charge in [0.05, 0.1) is 0 Å². The van der Waals surface area contributed by atoms with Crippen LogP contribution in [0.25, 0.3) is 0 Å². The minimum absolute atomic E-state index is 0.0456. The maximum absolute atomic E-state index is 11.8. The molecule has 0 bridgehead atoms. The molecule has 0 radical (unpaired) electrons. The Morgan fingerprint density at radius 1 is 1.23 bits per heavy atom. The Labute approximate surface area is 135 Å². The summed E-state index contributed by atoms with van der Waals surface area (Å²) in [4.78, 5) is 49.4. The summed E-state index contributed by atoms with van der Waals surface area (Å²) in [6, 6.07) is 0. The number of amides is 2. The van der Waals surface area contributed by atoms with E-state index in [-0.39, 0.29) is 18.9 Å². The average molecular weight is 360 g/mol. The van der Waals surface area contributed by atoms with Crippen LogP contribution in [0, 0.1) is 5.41 Å². The number of carbonyl (C=O) groups is 2. The second kappa shape index (κ2) is 9.61. The van der Waals surface area contributed by atoms with Gasteiger partial charge in [0.15, 0.2) is 0 Å². The number of thiol groups is 1. The van der Waals surface area contributed by atoms with Gasteiger partial charge >= 0.3 is 122 Å². The molecule has 132 valence electrons. The normalized spacial score (nSPS) is 14.3. The second-order valence-electron chi connectivity index (χ2n) is 5.37. The molecule has 22 heavy (non-hydrogen) atoms. The number of carbonyl (C=O) groups excluding carboxylic acids is 2. The monoisotopic (exact) mass is 360 g/mol. The molecule has 11 heteroatoms. The molecule has 2 amide bonds. The summed E-state index contributed by atoms with van der Waals surface area (Å²) in [5.41, 5.74) is -1.16.